The fourth-order valence-corrected chi connectivity index (χ4v) is 3.57. The number of anilines is 2. The Balaban J connectivity index is 0.000000325. The molecule has 0 spiro atoms. The third-order valence-corrected chi connectivity index (χ3v) is 5.07. The number of nitrogen functional groups attached to an aromatic ring is 2. The number of nitrogens with zero attached hydrogens (tertiary/aromatic N) is 5. The van der Waals surface area contributed by atoms with Gasteiger partial charge in [0.2, 0.25) is 0 Å². The van der Waals surface area contributed by atoms with Crippen molar-refractivity contribution in [2.24, 2.45) is 5.92 Å². The van der Waals surface area contributed by atoms with Crippen LogP contribution in [0.25, 0.3) is 33.4 Å². The number of carbonyl (C=O) groups is 1. The van der Waals surface area contributed by atoms with E-state index in [1.807, 2.05) is 22.9 Å². The summed E-state index contributed by atoms with van der Waals surface area (Å²) in [6, 6.07) is 5.79. The zero-order chi connectivity index (χ0) is 23.8. The Morgan fingerprint density at radius 1 is 1.30 bits per heavy atom. The van der Waals surface area contributed by atoms with E-state index < -0.39 is 12.1 Å². The Labute approximate surface area is 183 Å². The third kappa shape index (κ3) is 4.64. The van der Waals surface area contributed by atoms with E-state index in [0.29, 0.717) is 22.8 Å². The predicted octanol–water partition coefficient (Wildman–Crippen LogP) is 2.04. The minimum Gasteiger partial charge on any atom is -0.475 e. The molecule has 14 heteroatoms. The average Bonchev–Trinajstić information content (AvgIpc) is 3.46. The number of carboxylic acids is 1. The van der Waals surface area contributed by atoms with Crippen molar-refractivity contribution in [3.8, 4) is 11.3 Å². The molecule has 11 nitrogen and oxygen atoms in total. The fourth-order valence-electron chi connectivity index (χ4n) is 3.57. The normalized spacial score (nSPS) is 16.2. The maximum Gasteiger partial charge on any atom is 0.490 e. The molecule has 6 N–H and O–H groups in total. The molecule has 1 saturated heterocycles. The number of halogens is 3. The molecule has 1 aliphatic rings. The molecule has 4 aromatic rings. The van der Waals surface area contributed by atoms with Crippen molar-refractivity contribution in [1.29, 1.82) is 0 Å². The molecular weight excluding hydrogens is 445 g/mol. The van der Waals surface area contributed by atoms with E-state index >= 15 is 0 Å². The van der Waals surface area contributed by atoms with Gasteiger partial charge in [0, 0.05) is 12.1 Å². The molecule has 3 aromatic heterocycles. The number of nitrogens with two attached hydrogens (primary N) is 2. The van der Waals surface area contributed by atoms with E-state index in [0.717, 1.165) is 48.3 Å². The lowest BCUT2D eigenvalue weighted by Gasteiger charge is -2.08. The minimum absolute atomic E-state index is 0.143. The van der Waals surface area contributed by atoms with Crippen LogP contribution in [0, 0.1) is 5.92 Å². The van der Waals surface area contributed by atoms with Gasteiger partial charge in [-0.3, -0.25) is 0 Å². The zero-order valence-corrected chi connectivity index (χ0v) is 17.0. The Bertz CT molecular complexity index is 1310. The van der Waals surface area contributed by atoms with Crippen molar-refractivity contribution in [2.75, 3.05) is 24.6 Å². The molecule has 1 aliphatic heterocycles. The van der Waals surface area contributed by atoms with Crippen LogP contribution in [-0.2, 0) is 11.3 Å². The highest BCUT2D eigenvalue weighted by atomic mass is 19.4. The van der Waals surface area contributed by atoms with Crippen molar-refractivity contribution in [3.05, 3.63) is 24.5 Å². The lowest BCUT2D eigenvalue weighted by molar-refractivity contribution is -0.192. The zero-order valence-electron chi connectivity index (χ0n) is 17.0. The van der Waals surface area contributed by atoms with Gasteiger partial charge >= 0.3 is 12.1 Å². The molecule has 1 unspecified atom stereocenters. The van der Waals surface area contributed by atoms with Crippen molar-refractivity contribution in [3.63, 3.8) is 0 Å². The van der Waals surface area contributed by atoms with E-state index in [1.165, 1.54) is 6.33 Å². The number of fused-ring (bicyclic) bond motifs is 2. The van der Waals surface area contributed by atoms with Crippen LogP contribution in [0.3, 0.4) is 0 Å². The van der Waals surface area contributed by atoms with Crippen molar-refractivity contribution in [2.45, 2.75) is 19.1 Å². The molecule has 33 heavy (non-hydrogen) atoms. The summed E-state index contributed by atoms with van der Waals surface area (Å²) in [5, 5.41) is 16.1. The highest BCUT2D eigenvalue weighted by Crippen LogP contribution is 2.32. The lowest BCUT2D eigenvalue weighted by Crippen LogP contribution is -2.21. The molecule has 1 atom stereocenters. The van der Waals surface area contributed by atoms with E-state index in [2.05, 4.69) is 20.3 Å². The van der Waals surface area contributed by atoms with Crippen LogP contribution >= 0.6 is 0 Å². The smallest absolute Gasteiger partial charge is 0.475 e. The quantitative estimate of drug-likeness (QED) is 0.352. The van der Waals surface area contributed by atoms with Gasteiger partial charge in [-0.1, -0.05) is 0 Å². The highest BCUT2D eigenvalue weighted by Gasteiger charge is 2.38. The first-order valence-corrected chi connectivity index (χ1v) is 9.77. The van der Waals surface area contributed by atoms with Crippen molar-refractivity contribution in [1.82, 2.24) is 30.0 Å². The van der Waals surface area contributed by atoms with Gasteiger partial charge in [0.1, 0.15) is 23.4 Å². The summed E-state index contributed by atoms with van der Waals surface area (Å²) in [4.78, 5) is 21.7. The van der Waals surface area contributed by atoms with Gasteiger partial charge in [0.05, 0.1) is 5.39 Å². The first-order chi connectivity index (χ1) is 15.6. The van der Waals surface area contributed by atoms with Crippen LogP contribution < -0.4 is 16.8 Å². The molecule has 1 aromatic carbocycles. The number of aliphatic carboxylic acids is 1. The largest absolute Gasteiger partial charge is 0.490 e. The molecule has 0 bridgehead atoms. The Morgan fingerprint density at radius 3 is 2.73 bits per heavy atom. The highest BCUT2D eigenvalue weighted by molar-refractivity contribution is 5.99. The molecule has 174 valence electrons. The number of hydrogen-bond donors (Lipinski definition) is 4. The standard InChI is InChI=1S/C17H18N8O.C2HF3O2/c18-15-13-14(10-1-2-12-11(5-10)23-17(19)26-12)24-25(16(13)22-8-21-15)7-9-3-4-20-6-9;3-2(4,5)1(6)7/h1-2,5,8-9,20H,3-4,6-7H2,(H2,19,23)(H2,18,21,22);(H,6,7). The number of alkyl halides is 3. The van der Waals surface area contributed by atoms with Gasteiger partial charge in [-0.2, -0.15) is 23.3 Å². The molecule has 4 heterocycles. The van der Waals surface area contributed by atoms with E-state index in [1.54, 1.807) is 0 Å². The average molecular weight is 464 g/mol. The Kier molecular flexibility index (Phi) is 5.76. The number of benzene rings is 1. The summed E-state index contributed by atoms with van der Waals surface area (Å²) >= 11 is 0. The van der Waals surface area contributed by atoms with Gasteiger partial charge in [0.15, 0.2) is 11.2 Å². The summed E-state index contributed by atoms with van der Waals surface area (Å²) in [5.41, 5.74) is 15.5. The first-order valence-electron chi connectivity index (χ1n) is 9.77. The summed E-state index contributed by atoms with van der Waals surface area (Å²) in [6.07, 6.45) is -2.48. The summed E-state index contributed by atoms with van der Waals surface area (Å²) in [6.45, 7) is 2.82. The van der Waals surface area contributed by atoms with E-state index in [4.69, 9.17) is 30.9 Å². The van der Waals surface area contributed by atoms with Gasteiger partial charge < -0.3 is 26.3 Å². The molecule has 5 rings (SSSR count). The maximum absolute atomic E-state index is 10.6. The SMILES string of the molecule is Nc1nc2cc(-c3nn(CC4CCNC4)c4ncnc(N)c34)ccc2o1.O=C(O)C(F)(F)F. The summed E-state index contributed by atoms with van der Waals surface area (Å²) < 4.78 is 39.0. The van der Waals surface area contributed by atoms with Gasteiger partial charge in [-0.15, -0.1) is 0 Å². The van der Waals surface area contributed by atoms with Crippen LogP contribution in [0.4, 0.5) is 25.0 Å². The monoisotopic (exact) mass is 464 g/mol. The number of rotatable bonds is 3. The van der Waals surface area contributed by atoms with Gasteiger partial charge in [-0.25, -0.2) is 19.4 Å². The molecular formula is C19H19F3N8O3. The number of carboxylic acid groups (broad SMARTS) is 1. The second-order valence-corrected chi connectivity index (χ2v) is 7.38. The molecule has 0 saturated carbocycles. The minimum atomic E-state index is -5.08. The van der Waals surface area contributed by atoms with Crippen molar-refractivity contribution >= 4 is 39.9 Å². The molecule has 0 aliphatic carbocycles. The van der Waals surface area contributed by atoms with Crippen LogP contribution in [0.2, 0.25) is 0 Å². The second-order valence-electron chi connectivity index (χ2n) is 7.38. The third-order valence-electron chi connectivity index (χ3n) is 5.07. The van der Waals surface area contributed by atoms with Crippen LogP contribution in [0.1, 0.15) is 6.42 Å². The Hall–Kier alpha value is -3.94. The predicted molar refractivity (Wildman–Crippen MR) is 112 cm³/mol. The summed E-state index contributed by atoms with van der Waals surface area (Å²) in [5.74, 6) is -1.81. The number of aromatic nitrogens is 5. The first kappa shape index (κ1) is 22.3. The van der Waals surface area contributed by atoms with Gasteiger partial charge in [-0.05, 0) is 43.6 Å². The fraction of sp³-hybridized carbons (Fsp3) is 0.316. The molecule has 1 fully saturated rings. The van der Waals surface area contributed by atoms with E-state index in [-0.39, 0.29) is 6.01 Å². The maximum atomic E-state index is 10.6. The van der Waals surface area contributed by atoms with Crippen LogP contribution in [-0.4, -0.2) is 55.1 Å². The molecule has 0 amide bonds. The Morgan fingerprint density at radius 2 is 2.06 bits per heavy atom. The second kappa shape index (κ2) is 8.54. The number of oxazole rings is 1. The molecule has 0 radical (unpaired) electrons. The topological polar surface area (TPSA) is 171 Å². The number of hydrogen-bond acceptors (Lipinski definition) is 9. The van der Waals surface area contributed by atoms with Crippen LogP contribution in [0.15, 0.2) is 28.9 Å². The van der Waals surface area contributed by atoms with E-state index in [9.17, 15) is 13.2 Å². The van der Waals surface area contributed by atoms with Crippen molar-refractivity contribution < 1.29 is 27.5 Å². The van der Waals surface area contributed by atoms with Crippen LogP contribution in [0.5, 0.6) is 0 Å². The summed E-state index contributed by atoms with van der Waals surface area (Å²) in [7, 11) is 0. The lowest BCUT2D eigenvalue weighted by atomic mass is 10.1. The van der Waals surface area contributed by atoms with Gasteiger partial charge in [0.25, 0.3) is 6.01 Å². The number of nitrogens with one attached hydrogen (secondary N) is 1.